The van der Waals surface area contributed by atoms with Gasteiger partial charge in [0, 0.05) is 24.4 Å². The van der Waals surface area contributed by atoms with Crippen molar-refractivity contribution in [3.8, 4) is 0 Å². The zero-order valence-corrected chi connectivity index (χ0v) is 16.4. The molecule has 24 heavy (non-hydrogen) atoms. The summed E-state index contributed by atoms with van der Waals surface area (Å²) in [6.45, 7) is 15.7. The van der Waals surface area contributed by atoms with Crippen LogP contribution in [0.3, 0.4) is 0 Å². The fourth-order valence-corrected chi connectivity index (χ4v) is 2.35. The van der Waals surface area contributed by atoms with Gasteiger partial charge in [-0.25, -0.2) is 0 Å². The molecule has 0 aromatic carbocycles. The molecule has 1 N–H and O–H groups in total. The monoisotopic (exact) mass is 338 g/mol. The summed E-state index contributed by atoms with van der Waals surface area (Å²) >= 11 is 0. The lowest BCUT2D eigenvalue weighted by atomic mass is 9.94. The van der Waals surface area contributed by atoms with Gasteiger partial charge in [-0.2, -0.15) is 0 Å². The molecule has 1 aliphatic rings. The Morgan fingerprint density at radius 3 is 1.92 bits per heavy atom. The van der Waals surface area contributed by atoms with Crippen LogP contribution in [0.15, 0.2) is 12.2 Å². The van der Waals surface area contributed by atoms with E-state index in [0.717, 1.165) is 0 Å². The summed E-state index contributed by atoms with van der Waals surface area (Å²) < 4.78 is 0. The molecule has 1 rings (SSSR count). The van der Waals surface area contributed by atoms with E-state index >= 15 is 0 Å². The molecule has 0 aromatic heterocycles. The zero-order valence-electron chi connectivity index (χ0n) is 16.4. The van der Waals surface area contributed by atoms with E-state index in [9.17, 15) is 14.4 Å². The molecular weight excluding hydrogens is 304 g/mol. The van der Waals surface area contributed by atoms with Gasteiger partial charge in [-0.05, 0) is 45.6 Å². The van der Waals surface area contributed by atoms with Gasteiger partial charge in [0.05, 0.1) is 0 Å². The Balaban J connectivity index is 0.000000449. The molecule has 5 heteroatoms. The van der Waals surface area contributed by atoms with Gasteiger partial charge in [0.1, 0.15) is 0 Å². The molecule has 138 valence electrons. The van der Waals surface area contributed by atoms with Gasteiger partial charge in [-0.15, -0.1) is 0 Å². The minimum absolute atomic E-state index is 0.00347. The van der Waals surface area contributed by atoms with E-state index in [4.69, 9.17) is 0 Å². The molecule has 0 aliphatic carbocycles. The summed E-state index contributed by atoms with van der Waals surface area (Å²) in [4.78, 5) is 35.5. The van der Waals surface area contributed by atoms with Crippen molar-refractivity contribution in [3.63, 3.8) is 0 Å². The first-order chi connectivity index (χ1) is 11.0. The Kier molecular flexibility index (Phi) is 9.56. The topological polar surface area (TPSA) is 66.5 Å². The highest BCUT2D eigenvalue weighted by atomic mass is 16.2. The van der Waals surface area contributed by atoms with Gasteiger partial charge < -0.3 is 5.32 Å². The Labute approximate surface area is 146 Å². The first-order valence-corrected chi connectivity index (χ1v) is 8.81. The van der Waals surface area contributed by atoms with Gasteiger partial charge >= 0.3 is 0 Å². The summed E-state index contributed by atoms with van der Waals surface area (Å²) in [5, 5.41) is 2.77. The molecule has 5 nitrogen and oxygen atoms in total. The van der Waals surface area contributed by atoms with Crippen molar-refractivity contribution in [2.45, 2.75) is 73.9 Å². The average Bonchev–Trinajstić information content (AvgIpc) is 2.71. The lowest BCUT2D eigenvalue weighted by molar-refractivity contribution is -0.141. The number of nitrogens with one attached hydrogen (secondary N) is 1. The van der Waals surface area contributed by atoms with Gasteiger partial charge in [-0.3, -0.25) is 19.3 Å². The lowest BCUT2D eigenvalue weighted by Crippen LogP contribution is -2.37. The fraction of sp³-hybridized carbons (Fsp3) is 0.737. The smallest absolute Gasteiger partial charge is 0.243 e. The van der Waals surface area contributed by atoms with Crippen molar-refractivity contribution in [2.24, 2.45) is 17.8 Å². The van der Waals surface area contributed by atoms with E-state index in [1.165, 1.54) is 4.90 Å². The van der Waals surface area contributed by atoms with E-state index in [1.54, 1.807) is 6.08 Å². The maximum atomic E-state index is 11.7. The SMILES string of the molecule is CC(C)C1CC(=O)N(C(C)C)C1=O.CC(C)C=CC(=O)NC(C)C. The third kappa shape index (κ3) is 7.75. The third-order valence-corrected chi connectivity index (χ3v) is 3.60. The van der Waals surface area contributed by atoms with Crippen LogP contribution >= 0.6 is 0 Å². The van der Waals surface area contributed by atoms with E-state index < -0.39 is 0 Å². The van der Waals surface area contributed by atoms with Crippen LogP contribution in [-0.2, 0) is 14.4 Å². The van der Waals surface area contributed by atoms with Crippen molar-refractivity contribution in [2.75, 3.05) is 0 Å². The Morgan fingerprint density at radius 1 is 1.08 bits per heavy atom. The lowest BCUT2D eigenvalue weighted by Gasteiger charge is -2.19. The summed E-state index contributed by atoms with van der Waals surface area (Å²) in [5.74, 6) is 0.602. The van der Waals surface area contributed by atoms with Crippen LogP contribution in [0, 0.1) is 17.8 Å². The second kappa shape index (κ2) is 10.3. The molecule has 0 spiro atoms. The van der Waals surface area contributed by atoms with Crippen LogP contribution in [0.2, 0.25) is 0 Å². The maximum Gasteiger partial charge on any atom is 0.243 e. The van der Waals surface area contributed by atoms with Crippen molar-refractivity contribution in [3.05, 3.63) is 12.2 Å². The van der Waals surface area contributed by atoms with E-state index in [-0.39, 0.29) is 41.6 Å². The highest BCUT2D eigenvalue weighted by molar-refractivity contribution is 6.03. The van der Waals surface area contributed by atoms with Crippen molar-refractivity contribution >= 4 is 17.7 Å². The standard InChI is InChI=1S/C10H17NO2.C9H17NO/c1-6(2)8-5-9(12)11(7(3)4)10(8)13;1-7(2)5-6-9(11)10-8(3)4/h6-8H,5H2,1-4H3;5-8H,1-4H3,(H,10,11). The van der Waals surface area contributed by atoms with Crippen molar-refractivity contribution in [1.29, 1.82) is 0 Å². The summed E-state index contributed by atoms with van der Waals surface area (Å²) in [6.07, 6.45) is 3.87. The molecule has 1 fully saturated rings. The number of carbonyl (C=O) groups is 3. The molecule has 1 unspecified atom stereocenters. The van der Waals surface area contributed by atoms with E-state index in [2.05, 4.69) is 5.32 Å². The van der Waals surface area contributed by atoms with Gasteiger partial charge in [0.2, 0.25) is 17.7 Å². The number of carbonyl (C=O) groups excluding carboxylic acids is 3. The summed E-state index contributed by atoms with van der Waals surface area (Å²) in [5.41, 5.74) is 0. The van der Waals surface area contributed by atoms with Crippen molar-refractivity contribution in [1.82, 2.24) is 10.2 Å². The quantitative estimate of drug-likeness (QED) is 0.618. The molecule has 0 aromatic rings. The number of hydrogen-bond donors (Lipinski definition) is 1. The normalized spacial score (nSPS) is 18.2. The van der Waals surface area contributed by atoms with Crippen LogP contribution in [0.1, 0.15) is 61.8 Å². The average molecular weight is 338 g/mol. The van der Waals surface area contributed by atoms with Crippen molar-refractivity contribution < 1.29 is 14.4 Å². The highest BCUT2D eigenvalue weighted by Gasteiger charge is 2.40. The fourth-order valence-electron chi connectivity index (χ4n) is 2.35. The Hall–Kier alpha value is -1.65. The van der Waals surface area contributed by atoms with Crippen LogP contribution in [0.25, 0.3) is 0 Å². The third-order valence-electron chi connectivity index (χ3n) is 3.60. The maximum absolute atomic E-state index is 11.7. The molecule has 0 radical (unpaired) electrons. The van der Waals surface area contributed by atoms with E-state index in [0.29, 0.717) is 12.3 Å². The highest BCUT2D eigenvalue weighted by Crippen LogP contribution is 2.27. The molecule has 1 heterocycles. The van der Waals surface area contributed by atoms with Crippen LogP contribution in [0.4, 0.5) is 0 Å². The predicted molar refractivity (Wildman–Crippen MR) is 97.2 cm³/mol. The molecule has 1 aliphatic heterocycles. The second-order valence-corrected chi connectivity index (χ2v) is 7.52. The summed E-state index contributed by atoms with van der Waals surface area (Å²) in [7, 11) is 0. The molecule has 1 atom stereocenters. The first kappa shape index (κ1) is 22.4. The minimum atomic E-state index is -0.0881. The van der Waals surface area contributed by atoms with Crippen LogP contribution in [0.5, 0.6) is 0 Å². The van der Waals surface area contributed by atoms with Gasteiger partial charge in [0.15, 0.2) is 0 Å². The minimum Gasteiger partial charge on any atom is -0.350 e. The predicted octanol–water partition coefficient (Wildman–Crippen LogP) is 3.15. The number of nitrogens with zero attached hydrogens (tertiary/aromatic N) is 1. The number of amides is 3. The molecule has 3 amide bonds. The molecule has 0 bridgehead atoms. The molecule has 0 saturated carbocycles. The molecular formula is C19H34N2O3. The number of imide groups is 1. The Morgan fingerprint density at radius 2 is 1.62 bits per heavy atom. The van der Waals surface area contributed by atoms with E-state index in [1.807, 2.05) is 61.5 Å². The first-order valence-electron chi connectivity index (χ1n) is 8.81. The van der Waals surface area contributed by atoms with Gasteiger partial charge in [0.25, 0.3) is 0 Å². The van der Waals surface area contributed by atoms with Gasteiger partial charge in [-0.1, -0.05) is 33.8 Å². The molecule has 1 saturated heterocycles. The zero-order chi connectivity index (χ0) is 19.0. The number of rotatable bonds is 5. The van der Waals surface area contributed by atoms with Crippen LogP contribution < -0.4 is 5.32 Å². The van der Waals surface area contributed by atoms with Crippen LogP contribution in [-0.4, -0.2) is 34.7 Å². The summed E-state index contributed by atoms with van der Waals surface area (Å²) in [6, 6.07) is 0.225. The number of allylic oxidation sites excluding steroid dienone is 1. The second-order valence-electron chi connectivity index (χ2n) is 7.52. The number of likely N-dealkylation sites (tertiary alicyclic amines) is 1. The largest absolute Gasteiger partial charge is 0.350 e. The Bertz CT molecular complexity index is 465. The number of hydrogen-bond acceptors (Lipinski definition) is 3.